The first-order valence-electron chi connectivity index (χ1n) is 8.96. The fourth-order valence-corrected chi connectivity index (χ4v) is 3.61. The quantitative estimate of drug-likeness (QED) is 0.719. The van der Waals surface area contributed by atoms with Crippen molar-refractivity contribution in [3.05, 3.63) is 54.0 Å². The summed E-state index contributed by atoms with van der Waals surface area (Å²) < 4.78 is 2.15. The van der Waals surface area contributed by atoms with E-state index in [1.807, 2.05) is 35.2 Å². The smallest absolute Gasteiger partial charge is 0.227 e. The molecule has 0 saturated carbocycles. The molecule has 0 aliphatic carbocycles. The van der Waals surface area contributed by atoms with E-state index in [2.05, 4.69) is 22.5 Å². The Morgan fingerprint density at radius 1 is 1.20 bits per heavy atom. The number of aryl methyl sites for hydroxylation is 2. The Kier molecular flexibility index (Phi) is 4.22. The van der Waals surface area contributed by atoms with Crippen molar-refractivity contribution < 1.29 is 4.79 Å². The summed E-state index contributed by atoms with van der Waals surface area (Å²) in [7, 11) is 0. The third-order valence-electron chi connectivity index (χ3n) is 4.78. The lowest BCUT2D eigenvalue weighted by Crippen LogP contribution is -2.29. The number of hydrogen-bond donors (Lipinski definition) is 0. The van der Waals surface area contributed by atoms with E-state index in [9.17, 15) is 4.79 Å². The molecule has 0 atom stereocenters. The Labute approximate surface area is 147 Å². The third-order valence-corrected chi connectivity index (χ3v) is 4.78. The van der Waals surface area contributed by atoms with E-state index >= 15 is 0 Å². The molecule has 0 saturated heterocycles. The standard InChI is InChI=1S/C20H22N4O/c1-2-13-24-18(22-16-7-5-12-21-20(16)24)9-10-19(25)23-14-11-15-6-3-4-8-17(15)23/h3-8,12H,2,9-11,13-14H2,1H3. The summed E-state index contributed by atoms with van der Waals surface area (Å²) in [5, 5.41) is 0. The summed E-state index contributed by atoms with van der Waals surface area (Å²) in [6.07, 6.45) is 4.88. The molecule has 0 fully saturated rings. The van der Waals surface area contributed by atoms with E-state index in [1.54, 1.807) is 6.20 Å². The minimum Gasteiger partial charge on any atom is -0.313 e. The number of aromatic nitrogens is 3. The minimum atomic E-state index is 0.174. The van der Waals surface area contributed by atoms with Gasteiger partial charge in [0.05, 0.1) is 0 Å². The third kappa shape index (κ3) is 2.90. The molecule has 25 heavy (non-hydrogen) atoms. The lowest BCUT2D eigenvalue weighted by molar-refractivity contribution is -0.118. The van der Waals surface area contributed by atoms with Crippen molar-refractivity contribution in [2.24, 2.45) is 0 Å². The molecule has 5 heteroatoms. The molecular formula is C20H22N4O. The molecule has 5 nitrogen and oxygen atoms in total. The van der Waals surface area contributed by atoms with Crippen molar-refractivity contribution in [2.75, 3.05) is 11.4 Å². The average molecular weight is 334 g/mol. The van der Waals surface area contributed by atoms with Gasteiger partial charge in [0.1, 0.15) is 11.3 Å². The van der Waals surface area contributed by atoms with Crippen molar-refractivity contribution in [1.82, 2.24) is 14.5 Å². The van der Waals surface area contributed by atoms with Crippen LogP contribution >= 0.6 is 0 Å². The van der Waals surface area contributed by atoms with Gasteiger partial charge in [-0.25, -0.2) is 9.97 Å². The van der Waals surface area contributed by atoms with Crippen LogP contribution in [0.5, 0.6) is 0 Å². The van der Waals surface area contributed by atoms with Crippen LogP contribution in [0, 0.1) is 0 Å². The van der Waals surface area contributed by atoms with Crippen LogP contribution in [-0.4, -0.2) is 27.0 Å². The number of pyridine rings is 1. The van der Waals surface area contributed by atoms with E-state index in [0.717, 1.165) is 48.6 Å². The number of rotatable bonds is 5. The number of fused-ring (bicyclic) bond motifs is 2. The predicted octanol–water partition coefficient (Wildman–Crippen LogP) is 3.36. The SMILES string of the molecule is CCCn1c(CCC(=O)N2CCc3ccccc32)nc2cccnc21. The van der Waals surface area contributed by atoms with Gasteiger partial charge in [-0.3, -0.25) is 4.79 Å². The van der Waals surface area contributed by atoms with Gasteiger partial charge in [0.15, 0.2) is 5.65 Å². The van der Waals surface area contributed by atoms with Gasteiger partial charge >= 0.3 is 0 Å². The summed E-state index contributed by atoms with van der Waals surface area (Å²) in [6, 6.07) is 12.1. The van der Waals surface area contributed by atoms with Crippen LogP contribution in [0.2, 0.25) is 0 Å². The van der Waals surface area contributed by atoms with Crippen molar-refractivity contribution in [3.8, 4) is 0 Å². The fraction of sp³-hybridized carbons (Fsp3) is 0.350. The Bertz CT molecular complexity index is 915. The van der Waals surface area contributed by atoms with Crippen molar-refractivity contribution >= 4 is 22.8 Å². The first kappa shape index (κ1) is 15.8. The summed E-state index contributed by atoms with van der Waals surface area (Å²) >= 11 is 0. The maximum absolute atomic E-state index is 12.7. The summed E-state index contributed by atoms with van der Waals surface area (Å²) in [6.45, 7) is 3.81. The topological polar surface area (TPSA) is 51.0 Å². The number of carbonyl (C=O) groups is 1. The highest BCUT2D eigenvalue weighted by Crippen LogP contribution is 2.28. The highest BCUT2D eigenvalue weighted by Gasteiger charge is 2.24. The Morgan fingerprint density at radius 3 is 2.96 bits per heavy atom. The van der Waals surface area contributed by atoms with E-state index in [0.29, 0.717) is 12.8 Å². The van der Waals surface area contributed by atoms with Gasteiger partial charge in [-0.1, -0.05) is 25.1 Å². The molecule has 2 aromatic heterocycles. The van der Waals surface area contributed by atoms with Gasteiger partial charge in [0, 0.05) is 37.8 Å². The highest BCUT2D eigenvalue weighted by molar-refractivity contribution is 5.95. The second kappa shape index (κ2) is 6.67. The molecule has 1 aromatic carbocycles. The van der Waals surface area contributed by atoms with Gasteiger partial charge in [0.2, 0.25) is 5.91 Å². The number of carbonyl (C=O) groups excluding carboxylic acids is 1. The first-order chi connectivity index (χ1) is 12.3. The Hall–Kier alpha value is -2.69. The number of amides is 1. The van der Waals surface area contributed by atoms with E-state index < -0.39 is 0 Å². The summed E-state index contributed by atoms with van der Waals surface area (Å²) in [4.78, 5) is 23.8. The fourth-order valence-electron chi connectivity index (χ4n) is 3.61. The number of para-hydroxylation sites is 1. The monoisotopic (exact) mass is 334 g/mol. The predicted molar refractivity (Wildman–Crippen MR) is 98.6 cm³/mol. The number of anilines is 1. The van der Waals surface area contributed by atoms with E-state index in [-0.39, 0.29) is 5.91 Å². The van der Waals surface area contributed by atoms with Crippen molar-refractivity contribution in [2.45, 2.75) is 39.2 Å². The molecule has 1 aliphatic rings. The largest absolute Gasteiger partial charge is 0.313 e. The Morgan fingerprint density at radius 2 is 2.08 bits per heavy atom. The normalized spacial score (nSPS) is 13.4. The zero-order chi connectivity index (χ0) is 17.2. The van der Waals surface area contributed by atoms with Crippen LogP contribution in [0.25, 0.3) is 11.2 Å². The van der Waals surface area contributed by atoms with Crippen LogP contribution in [0.15, 0.2) is 42.6 Å². The van der Waals surface area contributed by atoms with E-state index in [1.165, 1.54) is 5.56 Å². The van der Waals surface area contributed by atoms with Gasteiger partial charge in [-0.15, -0.1) is 0 Å². The summed E-state index contributed by atoms with van der Waals surface area (Å²) in [5.41, 5.74) is 4.15. The molecule has 0 radical (unpaired) electrons. The molecule has 0 bridgehead atoms. The molecule has 0 spiro atoms. The molecule has 3 aromatic rings. The lowest BCUT2D eigenvalue weighted by Gasteiger charge is -2.17. The molecule has 0 N–H and O–H groups in total. The van der Waals surface area contributed by atoms with Gasteiger partial charge in [-0.05, 0) is 36.6 Å². The Balaban J connectivity index is 1.53. The molecule has 1 aliphatic heterocycles. The van der Waals surface area contributed by atoms with Gasteiger partial charge in [0.25, 0.3) is 0 Å². The van der Waals surface area contributed by atoms with Crippen LogP contribution in [0.3, 0.4) is 0 Å². The van der Waals surface area contributed by atoms with Gasteiger partial charge < -0.3 is 9.47 Å². The average Bonchev–Trinajstić information content (AvgIpc) is 3.22. The molecule has 4 rings (SSSR count). The second-order valence-corrected chi connectivity index (χ2v) is 6.45. The van der Waals surface area contributed by atoms with Crippen LogP contribution in [0.1, 0.15) is 31.2 Å². The maximum Gasteiger partial charge on any atom is 0.227 e. The number of benzene rings is 1. The minimum absolute atomic E-state index is 0.174. The second-order valence-electron chi connectivity index (χ2n) is 6.45. The van der Waals surface area contributed by atoms with E-state index in [4.69, 9.17) is 4.98 Å². The molecule has 1 amide bonds. The molecule has 3 heterocycles. The number of nitrogens with zero attached hydrogens (tertiary/aromatic N) is 4. The number of imidazole rings is 1. The van der Waals surface area contributed by atoms with Crippen molar-refractivity contribution in [3.63, 3.8) is 0 Å². The molecular weight excluding hydrogens is 312 g/mol. The van der Waals surface area contributed by atoms with Crippen molar-refractivity contribution in [1.29, 1.82) is 0 Å². The van der Waals surface area contributed by atoms with Crippen LogP contribution in [-0.2, 0) is 24.2 Å². The molecule has 128 valence electrons. The summed E-state index contributed by atoms with van der Waals surface area (Å²) in [5.74, 6) is 1.13. The van der Waals surface area contributed by atoms with Crippen LogP contribution < -0.4 is 4.90 Å². The zero-order valence-electron chi connectivity index (χ0n) is 14.5. The zero-order valence-corrected chi connectivity index (χ0v) is 14.5. The highest BCUT2D eigenvalue weighted by atomic mass is 16.2. The number of hydrogen-bond acceptors (Lipinski definition) is 3. The maximum atomic E-state index is 12.7. The van der Waals surface area contributed by atoms with Gasteiger partial charge in [-0.2, -0.15) is 0 Å². The van der Waals surface area contributed by atoms with Crippen LogP contribution in [0.4, 0.5) is 5.69 Å². The molecule has 0 unspecified atom stereocenters. The first-order valence-corrected chi connectivity index (χ1v) is 8.96. The lowest BCUT2D eigenvalue weighted by atomic mass is 10.2.